The number of thiazole rings is 1. The summed E-state index contributed by atoms with van der Waals surface area (Å²) in [6.07, 6.45) is 1.67. The smallest absolute Gasteiger partial charge is 0.282 e. The van der Waals surface area contributed by atoms with E-state index in [2.05, 4.69) is 9.88 Å². The lowest BCUT2D eigenvalue weighted by atomic mass is 10.00. The first kappa shape index (κ1) is 21.6. The fourth-order valence-electron chi connectivity index (χ4n) is 4.40. The quantitative estimate of drug-likeness (QED) is 0.583. The Balaban J connectivity index is 1.15. The van der Waals surface area contributed by atoms with Gasteiger partial charge in [0.1, 0.15) is 5.75 Å². The minimum Gasteiger partial charge on any atom is -0.497 e. The molecule has 7 nitrogen and oxygen atoms in total. The molecule has 0 spiro atoms. The average Bonchev–Trinajstić information content (AvgIpc) is 3.38. The molecule has 170 valence electrons. The number of amides is 2. The highest BCUT2D eigenvalue weighted by Gasteiger charge is 2.37. The number of rotatable bonds is 5. The van der Waals surface area contributed by atoms with Gasteiger partial charge in [-0.15, -0.1) is 11.3 Å². The second kappa shape index (κ2) is 9.33. The Morgan fingerprint density at radius 1 is 0.939 bits per heavy atom. The van der Waals surface area contributed by atoms with Gasteiger partial charge in [0.05, 0.1) is 7.11 Å². The van der Waals surface area contributed by atoms with Crippen molar-refractivity contribution in [1.29, 1.82) is 0 Å². The zero-order chi connectivity index (χ0) is 22.8. The van der Waals surface area contributed by atoms with E-state index in [-0.39, 0.29) is 11.8 Å². The molecule has 0 N–H and O–H groups in total. The highest BCUT2D eigenvalue weighted by atomic mass is 32.1. The molecule has 3 heterocycles. The van der Waals surface area contributed by atoms with E-state index in [1.165, 1.54) is 11.3 Å². The SMILES string of the molecule is COc1ccc(-c2cccc(C(=O)N3CC(N4CCN(C(=O)c5nccs5)CC4)C3)c2)cc1. The standard InChI is InChI=1S/C25H26N4O3S/c1-32-22-7-5-18(6-8-22)19-3-2-4-20(15-19)24(30)29-16-21(17-29)27-10-12-28(13-11-27)25(31)23-26-9-14-33-23/h2-9,14-15,21H,10-13,16-17H2,1H3. The molecule has 2 aliphatic rings. The third-order valence-corrected chi connectivity index (χ3v) is 7.18. The number of carbonyl (C=O) groups is 2. The highest BCUT2D eigenvalue weighted by molar-refractivity contribution is 7.11. The summed E-state index contributed by atoms with van der Waals surface area (Å²) in [6, 6.07) is 16.0. The number of ether oxygens (including phenoxy) is 1. The van der Waals surface area contributed by atoms with Gasteiger partial charge in [-0.2, -0.15) is 0 Å². The van der Waals surface area contributed by atoms with Crippen LogP contribution in [0.1, 0.15) is 20.2 Å². The van der Waals surface area contributed by atoms with Gasteiger partial charge in [-0.1, -0.05) is 24.3 Å². The van der Waals surface area contributed by atoms with Crippen molar-refractivity contribution in [2.75, 3.05) is 46.4 Å². The van der Waals surface area contributed by atoms with Gasteiger partial charge >= 0.3 is 0 Å². The Morgan fingerprint density at radius 3 is 2.36 bits per heavy atom. The summed E-state index contributed by atoms with van der Waals surface area (Å²) < 4.78 is 5.23. The number of piperazine rings is 1. The molecule has 2 aromatic carbocycles. The van der Waals surface area contributed by atoms with Gasteiger partial charge in [0.25, 0.3) is 11.8 Å². The number of hydrogen-bond donors (Lipinski definition) is 0. The summed E-state index contributed by atoms with van der Waals surface area (Å²) in [7, 11) is 1.65. The number of nitrogens with zero attached hydrogens (tertiary/aromatic N) is 4. The van der Waals surface area contributed by atoms with Gasteiger partial charge in [0.15, 0.2) is 5.01 Å². The van der Waals surface area contributed by atoms with E-state index >= 15 is 0 Å². The Labute approximate surface area is 197 Å². The van der Waals surface area contributed by atoms with Crippen molar-refractivity contribution in [2.45, 2.75) is 6.04 Å². The number of likely N-dealkylation sites (tertiary alicyclic amines) is 1. The minimum atomic E-state index is 0.0202. The Bertz CT molecular complexity index is 1120. The van der Waals surface area contributed by atoms with Crippen molar-refractivity contribution in [3.8, 4) is 16.9 Å². The van der Waals surface area contributed by atoms with Gasteiger partial charge in [-0.3, -0.25) is 14.5 Å². The molecule has 0 radical (unpaired) electrons. The fraction of sp³-hybridized carbons (Fsp3) is 0.320. The second-order valence-electron chi connectivity index (χ2n) is 8.34. The second-order valence-corrected chi connectivity index (χ2v) is 9.23. The van der Waals surface area contributed by atoms with Gasteiger partial charge < -0.3 is 14.5 Å². The van der Waals surface area contributed by atoms with Crippen LogP contribution in [0.3, 0.4) is 0 Å². The van der Waals surface area contributed by atoms with Crippen molar-refractivity contribution in [3.63, 3.8) is 0 Å². The summed E-state index contributed by atoms with van der Waals surface area (Å²) in [4.78, 5) is 35.8. The maximum atomic E-state index is 13.0. The van der Waals surface area contributed by atoms with E-state index in [1.54, 1.807) is 13.3 Å². The number of benzene rings is 2. The zero-order valence-corrected chi connectivity index (χ0v) is 19.3. The van der Waals surface area contributed by atoms with Crippen LogP contribution in [-0.2, 0) is 0 Å². The van der Waals surface area contributed by atoms with Crippen LogP contribution >= 0.6 is 11.3 Å². The summed E-state index contributed by atoms with van der Waals surface area (Å²) in [5, 5.41) is 2.39. The van der Waals surface area contributed by atoms with Crippen LogP contribution in [-0.4, -0.2) is 83.9 Å². The predicted molar refractivity (Wildman–Crippen MR) is 128 cm³/mol. The number of carbonyl (C=O) groups excluding carboxylic acids is 2. The lowest BCUT2D eigenvalue weighted by molar-refractivity contribution is 0.00853. The molecule has 0 unspecified atom stereocenters. The topological polar surface area (TPSA) is 66.0 Å². The summed E-state index contributed by atoms with van der Waals surface area (Å²) in [5.41, 5.74) is 2.78. The zero-order valence-electron chi connectivity index (χ0n) is 18.5. The third kappa shape index (κ3) is 4.49. The van der Waals surface area contributed by atoms with E-state index in [4.69, 9.17) is 4.74 Å². The molecule has 2 amide bonds. The molecule has 2 aliphatic heterocycles. The molecule has 0 atom stereocenters. The van der Waals surface area contributed by atoms with E-state index in [1.807, 2.05) is 63.7 Å². The van der Waals surface area contributed by atoms with E-state index < -0.39 is 0 Å². The van der Waals surface area contributed by atoms with Crippen molar-refractivity contribution in [1.82, 2.24) is 19.7 Å². The van der Waals surface area contributed by atoms with Gasteiger partial charge in [-0.25, -0.2) is 4.98 Å². The maximum Gasteiger partial charge on any atom is 0.282 e. The predicted octanol–water partition coefficient (Wildman–Crippen LogP) is 3.10. The number of hydrogen-bond acceptors (Lipinski definition) is 6. The average molecular weight is 463 g/mol. The Kier molecular flexibility index (Phi) is 6.11. The lowest BCUT2D eigenvalue weighted by Gasteiger charge is -2.48. The van der Waals surface area contributed by atoms with E-state index in [9.17, 15) is 9.59 Å². The van der Waals surface area contributed by atoms with Gasteiger partial charge in [-0.05, 0) is 35.4 Å². The highest BCUT2D eigenvalue weighted by Crippen LogP contribution is 2.25. The first-order chi connectivity index (χ1) is 16.1. The van der Waals surface area contributed by atoms with Crippen molar-refractivity contribution >= 4 is 23.2 Å². The molecule has 2 saturated heterocycles. The largest absolute Gasteiger partial charge is 0.497 e. The van der Waals surface area contributed by atoms with Crippen molar-refractivity contribution in [2.24, 2.45) is 0 Å². The van der Waals surface area contributed by atoms with Crippen LogP contribution in [0.4, 0.5) is 0 Å². The fourth-order valence-corrected chi connectivity index (χ4v) is 5.01. The number of methoxy groups -OCH3 is 1. The van der Waals surface area contributed by atoms with Crippen LogP contribution in [0.25, 0.3) is 11.1 Å². The summed E-state index contributed by atoms with van der Waals surface area (Å²) >= 11 is 1.38. The molecule has 0 saturated carbocycles. The van der Waals surface area contributed by atoms with Crippen LogP contribution < -0.4 is 4.74 Å². The molecule has 2 fully saturated rings. The first-order valence-corrected chi connectivity index (χ1v) is 12.0. The van der Waals surface area contributed by atoms with E-state index in [0.29, 0.717) is 29.7 Å². The Hall–Kier alpha value is -3.23. The molecular formula is C25H26N4O3S. The summed E-state index contributed by atoms with van der Waals surface area (Å²) in [6.45, 7) is 4.52. The van der Waals surface area contributed by atoms with Crippen molar-refractivity contribution < 1.29 is 14.3 Å². The van der Waals surface area contributed by atoms with E-state index in [0.717, 1.165) is 43.1 Å². The lowest BCUT2D eigenvalue weighted by Crippen LogP contribution is -2.64. The summed E-state index contributed by atoms with van der Waals surface area (Å²) in [5.74, 6) is 0.900. The molecule has 3 aromatic rings. The molecule has 5 rings (SSSR count). The molecular weight excluding hydrogens is 436 g/mol. The van der Waals surface area contributed by atoms with Gasteiger partial charge in [0.2, 0.25) is 0 Å². The van der Waals surface area contributed by atoms with Gasteiger partial charge in [0, 0.05) is 62.5 Å². The van der Waals surface area contributed by atoms with Crippen LogP contribution in [0.5, 0.6) is 5.75 Å². The third-order valence-electron chi connectivity index (χ3n) is 6.42. The maximum absolute atomic E-state index is 13.0. The van der Waals surface area contributed by atoms with Crippen LogP contribution in [0, 0.1) is 0 Å². The van der Waals surface area contributed by atoms with Crippen LogP contribution in [0.2, 0.25) is 0 Å². The van der Waals surface area contributed by atoms with Crippen LogP contribution in [0.15, 0.2) is 60.1 Å². The molecule has 33 heavy (non-hydrogen) atoms. The monoisotopic (exact) mass is 462 g/mol. The van der Waals surface area contributed by atoms with Crippen molar-refractivity contribution in [3.05, 3.63) is 70.7 Å². The first-order valence-electron chi connectivity index (χ1n) is 11.1. The molecule has 8 heteroatoms. The molecule has 0 bridgehead atoms. The number of aromatic nitrogens is 1. The normalized spacial score (nSPS) is 17.0. The Morgan fingerprint density at radius 2 is 1.70 bits per heavy atom. The molecule has 1 aromatic heterocycles. The molecule has 0 aliphatic carbocycles. The minimum absolute atomic E-state index is 0.0202.